The molecule has 36 heavy (non-hydrogen) atoms. The zero-order valence-corrected chi connectivity index (χ0v) is 23.1. The second-order valence-corrected chi connectivity index (χ2v) is 17.1. The molecule has 10 heteroatoms. The minimum Gasteiger partial charge on any atom is -0.443 e. The standard InChI is InChI=1S/C26H36N6O3Si/c1-26(2,3)35-25(33)32(19-7-9-28-15-19)21-8-10-29-24-23(21)20-13-18(14-27)30-16-22(20)31(24)17-34-11-12-36(4,5)6/h8,10,13,16,19,28H,7,9,11-12,15,17H2,1-6H3/t19-/m0/s1. The lowest BCUT2D eigenvalue weighted by Crippen LogP contribution is -2.44. The number of pyridine rings is 2. The normalized spacial score (nSPS) is 16.4. The largest absolute Gasteiger partial charge is 0.443 e. The average Bonchev–Trinajstić information content (AvgIpc) is 3.41. The van der Waals surface area contributed by atoms with Crippen LogP contribution in [-0.2, 0) is 16.2 Å². The zero-order valence-electron chi connectivity index (χ0n) is 22.1. The first kappa shape index (κ1) is 26.1. The molecular formula is C26H36N6O3Si. The average molecular weight is 509 g/mol. The molecule has 1 atom stereocenters. The van der Waals surface area contributed by atoms with E-state index >= 15 is 0 Å². The fraction of sp³-hybridized carbons (Fsp3) is 0.538. The first-order chi connectivity index (χ1) is 17.0. The Morgan fingerprint density at radius 1 is 1.33 bits per heavy atom. The maximum atomic E-state index is 13.5. The molecule has 0 saturated carbocycles. The van der Waals surface area contributed by atoms with E-state index in [1.807, 2.05) is 31.4 Å². The number of nitriles is 1. The number of aromatic nitrogens is 3. The molecule has 0 bridgehead atoms. The maximum absolute atomic E-state index is 13.5. The lowest BCUT2D eigenvalue weighted by atomic mass is 10.1. The van der Waals surface area contributed by atoms with E-state index in [9.17, 15) is 10.1 Å². The zero-order chi connectivity index (χ0) is 26.1. The second-order valence-electron chi connectivity index (χ2n) is 11.5. The summed E-state index contributed by atoms with van der Waals surface area (Å²) in [4.78, 5) is 24.3. The Morgan fingerprint density at radius 3 is 2.75 bits per heavy atom. The van der Waals surface area contributed by atoms with E-state index < -0.39 is 19.8 Å². The number of anilines is 1. The van der Waals surface area contributed by atoms with Gasteiger partial charge in [-0.05, 0) is 51.9 Å². The van der Waals surface area contributed by atoms with Gasteiger partial charge >= 0.3 is 6.09 Å². The minimum absolute atomic E-state index is 0.0610. The van der Waals surface area contributed by atoms with Crippen LogP contribution in [0.4, 0.5) is 10.5 Å². The fourth-order valence-corrected chi connectivity index (χ4v) is 5.18. The van der Waals surface area contributed by atoms with E-state index in [1.54, 1.807) is 23.4 Å². The summed E-state index contributed by atoms with van der Waals surface area (Å²) in [5, 5.41) is 14.5. The van der Waals surface area contributed by atoms with Crippen molar-refractivity contribution in [3.05, 3.63) is 30.2 Å². The first-order valence-corrected chi connectivity index (χ1v) is 16.2. The van der Waals surface area contributed by atoms with E-state index in [0.29, 0.717) is 36.9 Å². The quantitative estimate of drug-likeness (QED) is 0.358. The molecule has 4 rings (SSSR count). The van der Waals surface area contributed by atoms with Gasteiger partial charge in [-0.1, -0.05) is 19.6 Å². The van der Waals surface area contributed by atoms with Gasteiger partial charge in [-0.25, -0.2) is 14.8 Å². The molecule has 192 valence electrons. The lowest BCUT2D eigenvalue weighted by Gasteiger charge is -2.31. The van der Waals surface area contributed by atoms with Gasteiger partial charge in [0.1, 0.15) is 29.7 Å². The molecule has 9 nitrogen and oxygen atoms in total. The van der Waals surface area contributed by atoms with Crippen LogP contribution in [-0.4, -0.2) is 60.0 Å². The molecular weight excluding hydrogens is 472 g/mol. The predicted octanol–water partition coefficient (Wildman–Crippen LogP) is 4.87. The van der Waals surface area contributed by atoms with Gasteiger partial charge in [-0.3, -0.25) is 9.47 Å². The Balaban J connectivity index is 1.86. The summed E-state index contributed by atoms with van der Waals surface area (Å²) >= 11 is 0. The van der Waals surface area contributed by atoms with E-state index in [0.717, 1.165) is 35.3 Å². The Bertz CT molecular complexity index is 1300. The molecule has 3 aromatic heterocycles. The first-order valence-electron chi connectivity index (χ1n) is 12.5. The Kier molecular flexibility index (Phi) is 7.36. The van der Waals surface area contributed by atoms with Crippen LogP contribution < -0.4 is 10.2 Å². The van der Waals surface area contributed by atoms with Crippen LogP contribution in [0.2, 0.25) is 25.7 Å². The van der Waals surface area contributed by atoms with Crippen LogP contribution in [0.3, 0.4) is 0 Å². The molecule has 1 aliphatic rings. The van der Waals surface area contributed by atoms with Gasteiger partial charge in [0.25, 0.3) is 0 Å². The highest BCUT2D eigenvalue weighted by atomic mass is 28.3. The molecule has 0 spiro atoms. The van der Waals surface area contributed by atoms with Gasteiger partial charge in [0, 0.05) is 32.8 Å². The molecule has 1 amide bonds. The summed E-state index contributed by atoms with van der Waals surface area (Å²) in [6.07, 6.45) is 3.82. The number of ether oxygens (including phenoxy) is 2. The van der Waals surface area contributed by atoms with E-state index in [4.69, 9.17) is 14.5 Å². The van der Waals surface area contributed by atoms with Crippen LogP contribution >= 0.6 is 0 Å². The fourth-order valence-electron chi connectivity index (χ4n) is 4.42. The molecule has 1 saturated heterocycles. The number of nitrogens with one attached hydrogen (secondary N) is 1. The van der Waals surface area contributed by atoms with E-state index in [1.165, 1.54) is 0 Å². The number of amides is 1. The summed E-state index contributed by atoms with van der Waals surface area (Å²) in [7, 11) is -1.23. The third kappa shape index (κ3) is 5.69. The number of carbonyl (C=O) groups is 1. The SMILES string of the molecule is CC(C)(C)OC(=O)N(c1ccnc2c1c1cc(C#N)ncc1n2COCC[Si](C)(C)C)[C@H]1CCNC1. The second kappa shape index (κ2) is 10.2. The van der Waals surface area contributed by atoms with Crippen molar-refractivity contribution < 1.29 is 14.3 Å². The molecule has 0 unspecified atom stereocenters. The van der Waals surface area contributed by atoms with Gasteiger partial charge in [-0.2, -0.15) is 5.26 Å². The van der Waals surface area contributed by atoms with Gasteiger partial charge in [0.05, 0.1) is 28.8 Å². The summed E-state index contributed by atoms with van der Waals surface area (Å²) in [5.41, 5.74) is 1.88. The highest BCUT2D eigenvalue weighted by molar-refractivity contribution is 6.76. The van der Waals surface area contributed by atoms with Crippen molar-refractivity contribution in [1.29, 1.82) is 5.26 Å². The summed E-state index contributed by atoms with van der Waals surface area (Å²) in [5.74, 6) is 0. The molecule has 0 aromatic carbocycles. The van der Waals surface area contributed by atoms with Gasteiger partial charge < -0.3 is 14.8 Å². The summed E-state index contributed by atoms with van der Waals surface area (Å²) in [6.45, 7) is 15.0. The summed E-state index contributed by atoms with van der Waals surface area (Å²) in [6, 6.07) is 6.75. The van der Waals surface area contributed by atoms with Crippen LogP contribution in [0.1, 0.15) is 32.9 Å². The van der Waals surface area contributed by atoms with Crippen molar-refractivity contribution in [2.24, 2.45) is 0 Å². The third-order valence-corrected chi connectivity index (χ3v) is 7.89. The van der Waals surface area contributed by atoms with Crippen molar-refractivity contribution >= 4 is 41.8 Å². The predicted molar refractivity (Wildman–Crippen MR) is 144 cm³/mol. The molecule has 1 N–H and O–H groups in total. The molecule has 0 radical (unpaired) electrons. The summed E-state index contributed by atoms with van der Waals surface area (Å²) < 4.78 is 13.9. The molecule has 3 aromatic rings. The smallest absolute Gasteiger partial charge is 0.415 e. The van der Waals surface area contributed by atoms with Crippen molar-refractivity contribution in [2.45, 2.75) is 71.3 Å². The molecule has 4 heterocycles. The monoisotopic (exact) mass is 508 g/mol. The van der Waals surface area contributed by atoms with E-state index in [2.05, 4.69) is 36.0 Å². The Labute approximate surface area is 213 Å². The number of hydrogen-bond acceptors (Lipinski definition) is 7. The minimum atomic E-state index is -1.23. The highest BCUT2D eigenvalue weighted by Gasteiger charge is 2.34. The number of carbonyl (C=O) groups excluding carboxylic acids is 1. The molecule has 1 aliphatic heterocycles. The van der Waals surface area contributed by atoms with Crippen LogP contribution in [0.25, 0.3) is 21.9 Å². The molecule has 1 fully saturated rings. The Hall–Kier alpha value is -3.00. The number of fused-ring (bicyclic) bond motifs is 3. The van der Waals surface area contributed by atoms with Crippen molar-refractivity contribution in [3.8, 4) is 6.07 Å². The van der Waals surface area contributed by atoms with Crippen molar-refractivity contribution in [2.75, 3.05) is 24.6 Å². The van der Waals surface area contributed by atoms with Crippen LogP contribution in [0.5, 0.6) is 0 Å². The number of rotatable bonds is 7. The lowest BCUT2D eigenvalue weighted by molar-refractivity contribution is 0.0568. The molecule has 0 aliphatic carbocycles. The van der Waals surface area contributed by atoms with Gasteiger partial charge in [0.15, 0.2) is 0 Å². The van der Waals surface area contributed by atoms with E-state index in [-0.39, 0.29) is 6.04 Å². The Morgan fingerprint density at radius 2 is 2.11 bits per heavy atom. The van der Waals surface area contributed by atoms with Crippen molar-refractivity contribution in [1.82, 2.24) is 19.9 Å². The third-order valence-electron chi connectivity index (χ3n) is 6.19. The maximum Gasteiger partial charge on any atom is 0.415 e. The van der Waals surface area contributed by atoms with Gasteiger partial charge in [-0.15, -0.1) is 0 Å². The van der Waals surface area contributed by atoms with Crippen molar-refractivity contribution in [3.63, 3.8) is 0 Å². The topological polar surface area (TPSA) is 105 Å². The van der Waals surface area contributed by atoms with Crippen LogP contribution in [0.15, 0.2) is 24.5 Å². The van der Waals surface area contributed by atoms with Gasteiger partial charge in [0.2, 0.25) is 0 Å². The number of hydrogen-bond donors (Lipinski definition) is 1. The highest BCUT2D eigenvalue weighted by Crippen LogP contribution is 2.37. The van der Waals surface area contributed by atoms with Crippen LogP contribution in [0, 0.1) is 11.3 Å². The number of nitrogens with zero attached hydrogens (tertiary/aromatic N) is 5.